The molecule has 1 amide bonds. The van der Waals surface area contributed by atoms with Crippen LogP contribution in [0.3, 0.4) is 0 Å². The molecule has 2 N–H and O–H groups in total. The fourth-order valence-electron chi connectivity index (χ4n) is 2.65. The van der Waals surface area contributed by atoms with Crippen molar-refractivity contribution in [2.24, 2.45) is 0 Å². The van der Waals surface area contributed by atoms with Crippen molar-refractivity contribution in [1.29, 1.82) is 0 Å². The first-order valence-corrected chi connectivity index (χ1v) is 9.61. The summed E-state index contributed by atoms with van der Waals surface area (Å²) < 4.78 is 32.7. The van der Waals surface area contributed by atoms with Gasteiger partial charge in [0, 0.05) is 24.4 Å². The monoisotopic (exact) mass is 360 g/mol. The molecule has 0 radical (unpaired) electrons. The molecule has 2 aromatic rings. The van der Waals surface area contributed by atoms with Gasteiger partial charge < -0.3 is 10.1 Å². The Morgan fingerprint density at radius 3 is 2.64 bits per heavy atom. The van der Waals surface area contributed by atoms with Crippen LogP contribution in [0, 0.1) is 0 Å². The molecule has 1 atom stereocenters. The van der Waals surface area contributed by atoms with E-state index in [4.69, 9.17) is 4.74 Å². The number of ether oxygens (including phenoxy) is 1. The van der Waals surface area contributed by atoms with Crippen LogP contribution >= 0.6 is 0 Å². The smallest absolute Gasteiger partial charge is 0.261 e. The van der Waals surface area contributed by atoms with Crippen molar-refractivity contribution < 1.29 is 17.9 Å². The first-order valence-electron chi connectivity index (χ1n) is 8.12. The van der Waals surface area contributed by atoms with E-state index in [1.807, 2.05) is 0 Å². The van der Waals surface area contributed by atoms with E-state index >= 15 is 0 Å². The molecule has 1 aliphatic heterocycles. The van der Waals surface area contributed by atoms with Crippen molar-refractivity contribution in [3.63, 3.8) is 0 Å². The van der Waals surface area contributed by atoms with Crippen LogP contribution in [-0.2, 0) is 14.8 Å². The zero-order chi connectivity index (χ0) is 17.7. The summed E-state index contributed by atoms with van der Waals surface area (Å²) in [6.45, 7) is 1.19. The maximum Gasteiger partial charge on any atom is 0.261 e. The van der Waals surface area contributed by atoms with E-state index < -0.39 is 10.0 Å². The third-order valence-corrected chi connectivity index (χ3v) is 5.34. The molecule has 0 saturated carbocycles. The standard InChI is InChI=1S/C18H20N2O4S/c21-18(19-13-16-8-5-11-24-16)14-6-4-7-15(12-14)20-25(22,23)17-9-2-1-3-10-17/h1-4,6-7,9-10,12,16,20H,5,8,11,13H2,(H,19,21)/t16-/m0/s1. The highest BCUT2D eigenvalue weighted by atomic mass is 32.2. The van der Waals surface area contributed by atoms with Gasteiger partial charge in [0.15, 0.2) is 0 Å². The number of sulfonamides is 1. The first kappa shape index (κ1) is 17.4. The van der Waals surface area contributed by atoms with E-state index in [1.165, 1.54) is 18.2 Å². The number of nitrogens with one attached hydrogen (secondary N) is 2. The summed E-state index contributed by atoms with van der Waals surface area (Å²) in [5.41, 5.74) is 0.736. The largest absolute Gasteiger partial charge is 0.376 e. The minimum Gasteiger partial charge on any atom is -0.376 e. The molecule has 7 heteroatoms. The fourth-order valence-corrected chi connectivity index (χ4v) is 3.72. The van der Waals surface area contributed by atoms with E-state index in [0.29, 0.717) is 17.8 Å². The molecule has 1 heterocycles. The van der Waals surface area contributed by atoms with Gasteiger partial charge in [-0.2, -0.15) is 0 Å². The molecule has 132 valence electrons. The molecule has 0 aromatic heterocycles. The third-order valence-electron chi connectivity index (χ3n) is 3.94. The second-order valence-electron chi connectivity index (χ2n) is 5.84. The molecule has 3 rings (SSSR count). The van der Waals surface area contributed by atoms with Gasteiger partial charge in [-0.1, -0.05) is 24.3 Å². The molecule has 25 heavy (non-hydrogen) atoms. The second kappa shape index (κ2) is 7.67. The van der Waals surface area contributed by atoms with Crippen LogP contribution in [0.1, 0.15) is 23.2 Å². The number of carbonyl (C=O) groups excluding carboxylic acids is 1. The Hall–Kier alpha value is -2.38. The molecule has 1 aliphatic rings. The van der Waals surface area contributed by atoms with E-state index in [9.17, 15) is 13.2 Å². The summed E-state index contributed by atoms with van der Waals surface area (Å²) in [6.07, 6.45) is 2.01. The van der Waals surface area contributed by atoms with Gasteiger partial charge in [-0.05, 0) is 43.2 Å². The molecule has 0 spiro atoms. The lowest BCUT2D eigenvalue weighted by atomic mass is 10.2. The highest BCUT2D eigenvalue weighted by molar-refractivity contribution is 7.92. The van der Waals surface area contributed by atoms with Gasteiger partial charge in [-0.3, -0.25) is 9.52 Å². The van der Waals surface area contributed by atoms with Gasteiger partial charge in [0.25, 0.3) is 15.9 Å². The van der Waals surface area contributed by atoms with Crippen LogP contribution in [0.2, 0.25) is 0 Å². The van der Waals surface area contributed by atoms with Crippen molar-refractivity contribution in [1.82, 2.24) is 5.32 Å². The van der Waals surface area contributed by atoms with Crippen molar-refractivity contribution in [2.75, 3.05) is 17.9 Å². The third kappa shape index (κ3) is 4.58. The summed E-state index contributed by atoms with van der Waals surface area (Å²) in [5.74, 6) is -0.253. The molecular formula is C18H20N2O4S. The molecule has 6 nitrogen and oxygen atoms in total. The van der Waals surface area contributed by atoms with E-state index in [-0.39, 0.29) is 16.9 Å². The highest BCUT2D eigenvalue weighted by Crippen LogP contribution is 2.17. The summed E-state index contributed by atoms with van der Waals surface area (Å²) in [7, 11) is -3.68. The number of hydrogen-bond donors (Lipinski definition) is 2. The van der Waals surface area contributed by atoms with Gasteiger partial charge in [-0.15, -0.1) is 0 Å². The fraction of sp³-hybridized carbons (Fsp3) is 0.278. The number of benzene rings is 2. The molecule has 2 aromatic carbocycles. The SMILES string of the molecule is O=C(NC[C@@H]1CCCO1)c1cccc(NS(=O)(=O)c2ccccc2)c1. The topological polar surface area (TPSA) is 84.5 Å². The van der Waals surface area contributed by atoms with Crippen molar-refractivity contribution in [3.05, 3.63) is 60.2 Å². The van der Waals surface area contributed by atoms with Crippen LogP contribution in [0.15, 0.2) is 59.5 Å². The Bertz CT molecular complexity index is 831. The van der Waals surface area contributed by atoms with Gasteiger partial charge in [0.1, 0.15) is 0 Å². The molecule has 0 unspecified atom stereocenters. The first-order chi connectivity index (χ1) is 12.0. The van der Waals surface area contributed by atoms with Crippen molar-refractivity contribution in [3.8, 4) is 0 Å². The van der Waals surface area contributed by atoms with Gasteiger partial charge >= 0.3 is 0 Å². The lowest BCUT2D eigenvalue weighted by molar-refractivity contribution is 0.0858. The van der Waals surface area contributed by atoms with Crippen LogP contribution in [0.25, 0.3) is 0 Å². The molecular weight excluding hydrogens is 340 g/mol. The molecule has 1 saturated heterocycles. The number of anilines is 1. The quantitative estimate of drug-likeness (QED) is 0.828. The van der Waals surface area contributed by atoms with Gasteiger partial charge in [-0.25, -0.2) is 8.42 Å². The summed E-state index contributed by atoms with van der Waals surface area (Å²) in [5, 5.41) is 2.82. The minimum absolute atomic E-state index is 0.0590. The number of hydrogen-bond acceptors (Lipinski definition) is 4. The predicted molar refractivity (Wildman–Crippen MR) is 95.0 cm³/mol. The lowest BCUT2D eigenvalue weighted by Crippen LogP contribution is -2.31. The maximum absolute atomic E-state index is 12.4. The van der Waals surface area contributed by atoms with Crippen LogP contribution < -0.4 is 10.0 Å². The van der Waals surface area contributed by atoms with Crippen LogP contribution in [0.5, 0.6) is 0 Å². The number of carbonyl (C=O) groups is 1. The van der Waals surface area contributed by atoms with E-state index in [0.717, 1.165) is 19.4 Å². The molecule has 0 bridgehead atoms. The summed E-state index contributed by atoms with van der Waals surface area (Å²) in [6, 6.07) is 14.5. The number of rotatable bonds is 6. The maximum atomic E-state index is 12.4. The van der Waals surface area contributed by atoms with Gasteiger partial charge in [0.05, 0.1) is 11.0 Å². The Kier molecular flexibility index (Phi) is 5.35. The summed E-state index contributed by atoms with van der Waals surface area (Å²) in [4.78, 5) is 12.4. The van der Waals surface area contributed by atoms with E-state index in [1.54, 1.807) is 36.4 Å². The molecule has 1 fully saturated rings. The van der Waals surface area contributed by atoms with Gasteiger partial charge in [0.2, 0.25) is 0 Å². The Morgan fingerprint density at radius 1 is 1.12 bits per heavy atom. The zero-order valence-electron chi connectivity index (χ0n) is 13.6. The second-order valence-corrected chi connectivity index (χ2v) is 7.53. The van der Waals surface area contributed by atoms with Crippen LogP contribution in [-0.4, -0.2) is 33.6 Å². The summed E-state index contributed by atoms with van der Waals surface area (Å²) >= 11 is 0. The number of amides is 1. The average Bonchev–Trinajstić information content (AvgIpc) is 3.14. The minimum atomic E-state index is -3.68. The Labute approximate surface area is 147 Å². The van der Waals surface area contributed by atoms with Crippen molar-refractivity contribution in [2.45, 2.75) is 23.8 Å². The Balaban J connectivity index is 1.67. The zero-order valence-corrected chi connectivity index (χ0v) is 14.5. The molecule has 0 aliphatic carbocycles. The normalized spacial score (nSPS) is 17.2. The average molecular weight is 360 g/mol. The van der Waals surface area contributed by atoms with Crippen LogP contribution in [0.4, 0.5) is 5.69 Å². The lowest BCUT2D eigenvalue weighted by Gasteiger charge is -2.12. The van der Waals surface area contributed by atoms with E-state index in [2.05, 4.69) is 10.0 Å². The Morgan fingerprint density at radius 2 is 1.92 bits per heavy atom. The predicted octanol–water partition coefficient (Wildman–Crippen LogP) is 2.40. The van der Waals surface area contributed by atoms with Crippen molar-refractivity contribution >= 4 is 21.6 Å². The highest BCUT2D eigenvalue weighted by Gasteiger charge is 2.17.